The normalized spacial score (nSPS) is 11.8. The number of nitrogens with zero attached hydrogens (tertiary/aromatic N) is 5. The third-order valence-electron chi connectivity index (χ3n) is 12.6. The van der Waals surface area contributed by atoms with Crippen molar-refractivity contribution >= 4 is 65.5 Å². The highest BCUT2D eigenvalue weighted by atomic mass is 15.1. The molecule has 0 fully saturated rings. The van der Waals surface area contributed by atoms with E-state index in [1.165, 1.54) is 43.7 Å². The van der Waals surface area contributed by atoms with E-state index < -0.39 is 0 Å². The van der Waals surface area contributed by atoms with E-state index in [2.05, 4.69) is 220 Å². The van der Waals surface area contributed by atoms with E-state index in [1.54, 1.807) is 0 Å². The minimum Gasteiger partial charge on any atom is -0.309 e. The lowest BCUT2D eigenvalue weighted by molar-refractivity contribution is 1.11. The quantitative estimate of drug-likeness (QED) is 0.168. The van der Waals surface area contributed by atoms with Crippen molar-refractivity contribution in [3.05, 3.63) is 224 Å². The van der Waals surface area contributed by atoms with Crippen molar-refractivity contribution in [2.24, 2.45) is 0 Å². The molecular weight excluding hydrogens is 767 g/mol. The molecule has 0 amide bonds. The second kappa shape index (κ2) is 14.0. The highest BCUT2D eigenvalue weighted by molar-refractivity contribution is 6.16. The van der Waals surface area contributed by atoms with Crippen molar-refractivity contribution in [1.82, 2.24) is 23.7 Å². The molecule has 0 aliphatic rings. The lowest BCUT2D eigenvalue weighted by Crippen LogP contribution is -1.99. The van der Waals surface area contributed by atoms with Gasteiger partial charge in [0.2, 0.25) is 0 Å². The number of para-hydroxylation sites is 3. The Kier molecular flexibility index (Phi) is 7.84. The summed E-state index contributed by atoms with van der Waals surface area (Å²) in [6, 6.07) is 80.3. The van der Waals surface area contributed by atoms with Crippen LogP contribution in [0.4, 0.5) is 0 Å². The van der Waals surface area contributed by atoms with Gasteiger partial charge in [0.15, 0.2) is 5.82 Å². The Morgan fingerprint density at radius 2 is 0.730 bits per heavy atom. The molecule has 0 radical (unpaired) electrons. The van der Waals surface area contributed by atoms with Gasteiger partial charge in [-0.05, 0) is 83.9 Å². The first-order valence-electron chi connectivity index (χ1n) is 21.4. The lowest BCUT2D eigenvalue weighted by Gasteiger charge is -2.11. The van der Waals surface area contributed by atoms with Gasteiger partial charge in [-0.3, -0.25) is 4.57 Å². The largest absolute Gasteiger partial charge is 0.309 e. The van der Waals surface area contributed by atoms with Crippen LogP contribution in [0.15, 0.2) is 224 Å². The summed E-state index contributed by atoms with van der Waals surface area (Å²) in [5.74, 6) is 0.692. The minimum absolute atomic E-state index is 0.692. The topological polar surface area (TPSA) is 40.6 Å². The van der Waals surface area contributed by atoms with E-state index in [0.29, 0.717) is 5.82 Å². The van der Waals surface area contributed by atoms with Gasteiger partial charge in [0, 0.05) is 55.1 Å². The molecule has 5 nitrogen and oxygen atoms in total. The summed E-state index contributed by atoms with van der Waals surface area (Å²) < 4.78 is 7.14. The van der Waals surface area contributed by atoms with Crippen molar-refractivity contribution in [2.75, 3.05) is 0 Å². The van der Waals surface area contributed by atoms with Crippen LogP contribution < -0.4 is 0 Å². The van der Waals surface area contributed by atoms with Crippen molar-refractivity contribution in [2.45, 2.75) is 0 Å². The first kappa shape index (κ1) is 35.2. The first-order valence-corrected chi connectivity index (χ1v) is 21.4. The van der Waals surface area contributed by atoms with Gasteiger partial charge in [-0.1, -0.05) is 152 Å². The average Bonchev–Trinajstić information content (AvgIpc) is 3.99. The molecule has 0 aliphatic heterocycles. The second-order valence-corrected chi connectivity index (χ2v) is 16.2. The molecule has 0 saturated heterocycles. The smallest absolute Gasteiger partial charge is 0.162 e. The maximum Gasteiger partial charge on any atom is 0.162 e. The Bertz CT molecular complexity index is 3830. The van der Waals surface area contributed by atoms with E-state index in [1.807, 2.05) is 18.2 Å². The standard InChI is InChI=1S/C58H37N5/c1-5-17-38(18-6-1)41-29-32-52-47(35-41)48-36-43(61-50-27-15-13-25-45(50)46-26-14-16-28-51(46)61)30-33-53(48)62(52)44-31-34-54-49(37-44)55-56(39-19-7-2-8-20-39)59-57(40-21-9-3-10-22-40)60-58(55)63(54)42-23-11-4-12-24-42/h1-37H. The van der Waals surface area contributed by atoms with Gasteiger partial charge in [-0.25, -0.2) is 9.97 Å². The molecule has 0 N–H and O–H groups in total. The predicted molar refractivity (Wildman–Crippen MR) is 261 cm³/mol. The molecule has 294 valence electrons. The van der Waals surface area contributed by atoms with Crippen LogP contribution in [0.25, 0.3) is 116 Å². The highest BCUT2D eigenvalue weighted by Gasteiger charge is 2.23. The number of fused-ring (bicyclic) bond motifs is 9. The van der Waals surface area contributed by atoms with Crippen LogP contribution in [0.3, 0.4) is 0 Å². The highest BCUT2D eigenvalue weighted by Crippen LogP contribution is 2.42. The SMILES string of the molecule is c1ccc(-c2ccc3c(c2)c2cc(-n4c5ccccc5c5ccccc54)ccc2n3-c2ccc3c(c2)c2c(-c4ccccc4)nc(-c4ccccc4)nc2n3-c2ccccc2)cc1. The second-order valence-electron chi connectivity index (χ2n) is 16.2. The molecule has 0 aliphatic carbocycles. The maximum absolute atomic E-state index is 5.40. The fourth-order valence-corrected chi connectivity index (χ4v) is 9.83. The van der Waals surface area contributed by atoms with E-state index in [-0.39, 0.29) is 0 Å². The Balaban J connectivity index is 1.11. The minimum atomic E-state index is 0.692. The predicted octanol–water partition coefficient (Wildman–Crippen LogP) is 14.8. The van der Waals surface area contributed by atoms with Crippen LogP contribution in [0, 0.1) is 0 Å². The van der Waals surface area contributed by atoms with Crippen molar-refractivity contribution < 1.29 is 0 Å². The monoisotopic (exact) mass is 803 g/mol. The summed E-state index contributed by atoms with van der Waals surface area (Å²) in [6.45, 7) is 0. The van der Waals surface area contributed by atoms with Crippen molar-refractivity contribution in [1.29, 1.82) is 0 Å². The van der Waals surface area contributed by atoms with Crippen LogP contribution in [-0.4, -0.2) is 23.7 Å². The Hall–Kier alpha value is -8.54. The Morgan fingerprint density at radius 3 is 1.35 bits per heavy atom. The fourth-order valence-electron chi connectivity index (χ4n) is 9.83. The van der Waals surface area contributed by atoms with E-state index in [4.69, 9.17) is 9.97 Å². The van der Waals surface area contributed by atoms with Gasteiger partial charge in [-0.15, -0.1) is 0 Å². The van der Waals surface area contributed by atoms with Gasteiger partial charge in [0.1, 0.15) is 5.65 Å². The van der Waals surface area contributed by atoms with Gasteiger partial charge in [-0.2, -0.15) is 0 Å². The summed E-state index contributed by atoms with van der Waals surface area (Å²) in [5.41, 5.74) is 15.1. The molecule has 13 aromatic rings. The molecule has 4 heterocycles. The zero-order chi connectivity index (χ0) is 41.4. The molecule has 5 heteroatoms. The van der Waals surface area contributed by atoms with Crippen LogP contribution in [-0.2, 0) is 0 Å². The molecule has 13 rings (SSSR count). The number of rotatable bonds is 6. The maximum atomic E-state index is 5.40. The van der Waals surface area contributed by atoms with Crippen LogP contribution in [0.5, 0.6) is 0 Å². The summed E-state index contributed by atoms with van der Waals surface area (Å²) in [7, 11) is 0. The molecule has 0 spiro atoms. The molecular formula is C58H37N5. The molecule has 0 unspecified atom stereocenters. The van der Waals surface area contributed by atoms with Crippen LogP contribution in [0.1, 0.15) is 0 Å². The summed E-state index contributed by atoms with van der Waals surface area (Å²) in [6.07, 6.45) is 0. The number of hydrogen-bond donors (Lipinski definition) is 0. The van der Waals surface area contributed by atoms with E-state index in [9.17, 15) is 0 Å². The van der Waals surface area contributed by atoms with Gasteiger partial charge in [0.05, 0.1) is 38.7 Å². The van der Waals surface area contributed by atoms with Gasteiger partial charge in [0.25, 0.3) is 0 Å². The summed E-state index contributed by atoms with van der Waals surface area (Å²) in [5, 5.41) is 6.99. The van der Waals surface area contributed by atoms with Crippen LogP contribution >= 0.6 is 0 Å². The number of hydrogen-bond acceptors (Lipinski definition) is 2. The summed E-state index contributed by atoms with van der Waals surface area (Å²) >= 11 is 0. The lowest BCUT2D eigenvalue weighted by atomic mass is 10.0. The zero-order valence-corrected chi connectivity index (χ0v) is 34.1. The third kappa shape index (κ3) is 5.50. The molecule has 9 aromatic carbocycles. The van der Waals surface area contributed by atoms with E-state index >= 15 is 0 Å². The number of aromatic nitrogens is 5. The van der Waals surface area contributed by atoms with Crippen LogP contribution in [0.2, 0.25) is 0 Å². The molecule has 0 bridgehead atoms. The number of benzene rings is 9. The molecule has 0 saturated carbocycles. The van der Waals surface area contributed by atoms with Crippen molar-refractivity contribution in [3.8, 4) is 50.8 Å². The zero-order valence-electron chi connectivity index (χ0n) is 34.1. The van der Waals surface area contributed by atoms with Gasteiger partial charge < -0.3 is 9.13 Å². The molecule has 0 atom stereocenters. The molecule has 63 heavy (non-hydrogen) atoms. The molecule has 4 aromatic heterocycles. The Labute approximate surface area is 363 Å². The summed E-state index contributed by atoms with van der Waals surface area (Å²) in [4.78, 5) is 10.8. The Morgan fingerprint density at radius 1 is 0.270 bits per heavy atom. The van der Waals surface area contributed by atoms with E-state index in [0.717, 1.165) is 66.9 Å². The third-order valence-corrected chi connectivity index (χ3v) is 12.6. The van der Waals surface area contributed by atoms with Gasteiger partial charge >= 0.3 is 0 Å². The first-order chi connectivity index (χ1) is 31.3. The van der Waals surface area contributed by atoms with Crippen molar-refractivity contribution in [3.63, 3.8) is 0 Å². The fraction of sp³-hybridized carbons (Fsp3) is 0. The average molecular weight is 804 g/mol.